The molecule has 0 aliphatic heterocycles. The standard InChI is InChI=1S/C15H21NO3/c1-18-11-7-10(8-12(9-11)19-2)15(17)13-5-3-4-6-14(13)16/h7-9,13-14H,3-6,16H2,1-2H3. The molecule has 2 N–H and O–H groups in total. The summed E-state index contributed by atoms with van der Waals surface area (Å²) in [5, 5.41) is 0. The fourth-order valence-corrected chi connectivity index (χ4v) is 2.65. The SMILES string of the molecule is COc1cc(OC)cc(C(=O)C2CCCCC2N)c1. The van der Waals surface area contributed by atoms with E-state index < -0.39 is 0 Å². The second-order valence-electron chi connectivity index (χ2n) is 5.02. The van der Waals surface area contributed by atoms with Crippen molar-refractivity contribution in [2.75, 3.05) is 14.2 Å². The van der Waals surface area contributed by atoms with E-state index in [1.54, 1.807) is 32.4 Å². The van der Waals surface area contributed by atoms with E-state index in [0.717, 1.165) is 25.7 Å². The van der Waals surface area contributed by atoms with Crippen molar-refractivity contribution in [1.29, 1.82) is 0 Å². The van der Waals surface area contributed by atoms with Gasteiger partial charge < -0.3 is 15.2 Å². The molecule has 1 aliphatic rings. The summed E-state index contributed by atoms with van der Waals surface area (Å²) >= 11 is 0. The predicted molar refractivity (Wildman–Crippen MR) is 73.8 cm³/mol. The Bertz CT molecular complexity index is 436. The maximum Gasteiger partial charge on any atom is 0.167 e. The Morgan fingerprint density at radius 3 is 2.21 bits per heavy atom. The van der Waals surface area contributed by atoms with Crippen molar-refractivity contribution < 1.29 is 14.3 Å². The number of nitrogens with two attached hydrogens (primary N) is 1. The zero-order valence-electron chi connectivity index (χ0n) is 11.5. The van der Waals surface area contributed by atoms with E-state index >= 15 is 0 Å². The average molecular weight is 263 g/mol. The minimum atomic E-state index is -0.0782. The van der Waals surface area contributed by atoms with Crippen LogP contribution in [0.2, 0.25) is 0 Å². The lowest BCUT2D eigenvalue weighted by atomic mass is 9.80. The second kappa shape index (κ2) is 6.06. The van der Waals surface area contributed by atoms with Crippen molar-refractivity contribution in [3.8, 4) is 11.5 Å². The van der Waals surface area contributed by atoms with Crippen LogP contribution in [0.3, 0.4) is 0 Å². The van der Waals surface area contributed by atoms with Gasteiger partial charge in [-0.05, 0) is 25.0 Å². The molecule has 0 amide bonds. The van der Waals surface area contributed by atoms with E-state index in [2.05, 4.69) is 0 Å². The topological polar surface area (TPSA) is 61.5 Å². The number of hydrogen-bond acceptors (Lipinski definition) is 4. The lowest BCUT2D eigenvalue weighted by molar-refractivity contribution is 0.0870. The Hall–Kier alpha value is -1.55. The largest absolute Gasteiger partial charge is 0.497 e. The van der Waals surface area contributed by atoms with Gasteiger partial charge in [-0.2, -0.15) is 0 Å². The Morgan fingerprint density at radius 1 is 1.11 bits per heavy atom. The number of methoxy groups -OCH3 is 2. The zero-order valence-corrected chi connectivity index (χ0v) is 11.5. The lowest BCUT2D eigenvalue weighted by Gasteiger charge is -2.27. The van der Waals surface area contributed by atoms with Crippen LogP contribution in [-0.4, -0.2) is 26.0 Å². The summed E-state index contributed by atoms with van der Waals surface area (Å²) in [6, 6.07) is 5.24. The molecule has 0 aromatic heterocycles. The van der Waals surface area contributed by atoms with Crippen LogP contribution in [-0.2, 0) is 0 Å². The molecule has 4 nitrogen and oxygen atoms in total. The van der Waals surface area contributed by atoms with E-state index in [4.69, 9.17) is 15.2 Å². The molecule has 0 bridgehead atoms. The Morgan fingerprint density at radius 2 is 1.68 bits per heavy atom. The Kier molecular flexibility index (Phi) is 4.43. The fourth-order valence-electron chi connectivity index (χ4n) is 2.65. The smallest absolute Gasteiger partial charge is 0.167 e. The maximum atomic E-state index is 12.6. The van der Waals surface area contributed by atoms with Gasteiger partial charge in [0.15, 0.2) is 5.78 Å². The van der Waals surface area contributed by atoms with Crippen molar-refractivity contribution >= 4 is 5.78 Å². The summed E-state index contributed by atoms with van der Waals surface area (Å²) in [5.41, 5.74) is 6.70. The number of hydrogen-bond donors (Lipinski definition) is 1. The highest BCUT2D eigenvalue weighted by atomic mass is 16.5. The first kappa shape index (κ1) is 13.9. The molecule has 2 unspecified atom stereocenters. The number of Topliss-reactive ketones (excluding diaryl/α,β-unsaturated/α-hetero) is 1. The average Bonchev–Trinajstić information content (AvgIpc) is 2.46. The summed E-state index contributed by atoms with van der Waals surface area (Å²) in [6.45, 7) is 0. The number of benzene rings is 1. The van der Waals surface area contributed by atoms with Gasteiger partial charge in [0.1, 0.15) is 11.5 Å². The van der Waals surface area contributed by atoms with Gasteiger partial charge in [-0.3, -0.25) is 4.79 Å². The first-order chi connectivity index (χ1) is 9.15. The van der Waals surface area contributed by atoms with Gasteiger partial charge in [0, 0.05) is 23.6 Å². The Balaban J connectivity index is 2.26. The van der Waals surface area contributed by atoms with Crippen molar-refractivity contribution in [1.82, 2.24) is 0 Å². The van der Waals surface area contributed by atoms with Crippen molar-refractivity contribution in [2.45, 2.75) is 31.7 Å². The van der Waals surface area contributed by atoms with Gasteiger partial charge in [0.05, 0.1) is 14.2 Å². The molecule has 0 saturated heterocycles. The van der Waals surface area contributed by atoms with Gasteiger partial charge in [-0.15, -0.1) is 0 Å². The molecule has 1 aliphatic carbocycles. The lowest BCUT2D eigenvalue weighted by Crippen LogP contribution is -2.38. The fraction of sp³-hybridized carbons (Fsp3) is 0.533. The van der Waals surface area contributed by atoms with Crippen LogP contribution in [0, 0.1) is 5.92 Å². The summed E-state index contributed by atoms with van der Waals surface area (Å²) < 4.78 is 10.4. The van der Waals surface area contributed by atoms with Crippen molar-refractivity contribution in [2.24, 2.45) is 11.7 Å². The second-order valence-corrected chi connectivity index (χ2v) is 5.02. The highest BCUT2D eigenvalue weighted by Gasteiger charge is 2.29. The zero-order chi connectivity index (χ0) is 13.8. The van der Waals surface area contributed by atoms with Crippen LogP contribution in [0.1, 0.15) is 36.0 Å². The molecule has 1 aromatic rings. The summed E-state index contributed by atoms with van der Waals surface area (Å²) in [4.78, 5) is 12.6. The van der Waals surface area contributed by atoms with Crippen molar-refractivity contribution in [3.05, 3.63) is 23.8 Å². The molecular formula is C15H21NO3. The highest BCUT2D eigenvalue weighted by Crippen LogP contribution is 2.29. The van der Waals surface area contributed by atoms with Crippen LogP contribution in [0.5, 0.6) is 11.5 Å². The number of carbonyl (C=O) groups excluding carboxylic acids is 1. The quantitative estimate of drug-likeness (QED) is 0.847. The molecule has 2 atom stereocenters. The summed E-state index contributed by atoms with van der Waals surface area (Å²) in [7, 11) is 3.16. The van der Waals surface area contributed by atoms with Gasteiger partial charge >= 0.3 is 0 Å². The minimum Gasteiger partial charge on any atom is -0.497 e. The predicted octanol–water partition coefficient (Wildman–Crippen LogP) is 2.40. The van der Waals surface area contributed by atoms with Gasteiger partial charge in [0.25, 0.3) is 0 Å². The molecule has 2 rings (SSSR count). The third kappa shape index (κ3) is 3.07. The van der Waals surface area contributed by atoms with Crippen LogP contribution < -0.4 is 15.2 Å². The minimum absolute atomic E-state index is 0.0292. The van der Waals surface area contributed by atoms with E-state index in [1.807, 2.05) is 0 Å². The van der Waals surface area contributed by atoms with Crippen LogP contribution in [0.25, 0.3) is 0 Å². The third-order valence-electron chi connectivity index (χ3n) is 3.79. The number of ketones is 1. The molecule has 1 fully saturated rings. The summed E-state index contributed by atoms with van der Waals surface area (Å²) in [5.74, 6) is 1.29. The van der Waals surface area contributed by atoms with E-state index in [1.165, 1.54) is 0 Å². The number of carbonyl (C=O) groups is 1. The van der Waals surface area contributed by atoms with E-state index in [9.17, 15) is 4.79 Å². The van der Waals surface area contributed by atoms with E-state index in [0.29, 0.717) is 17.1 Å². The highest BCUT2D eigenvalue weighted by molar-refractivity contribution is 5.99. The molecule has 1 saturated carbocycles. The monoisotopic (exact) mass is 263 g/mol. The van der Waals surface area contributed by atoms with E-state index in [-0.39, 0.29) is 17.7 Å². The number of rotatable bonds is 4. The van der Waals surface area contributed by atoms with Crippen LogP contribution in [0.4, 0.5) is 0 Å². The molecule has 104 valence electrons. The molecular weight excluding hydrogens is 242 g/mol. The Labute approximate surface area is 113 Å². The van der Waals surface area contributed by atoms with Crippen LogP contribution >= 0.6 is 0 Å². The first-order valence-corrected chi connectivity index (χ1v) is 6.68. The molecule has 0 heterocycles. The third-order valence-corrected chi connectivity index (χ3v) is 3.79. The van der Waals surface area contributed by atoms with Crippen molar-refractivity contribution in [3.63, 3.8) is 0 Å². The van der Waals surface area contributed by atoms with Gasteiger partial charge in [0.2, 0.25) is 0 Å². The first-order valence-electron chi connectivity index (χ1n) is 6.68. The van der Waals surface area contributed by atoms with Gasteiger partial charge in [-0.1, -0.05) is 12.8 Å². The summed E-state index contributed by atoms with van der Waals surface area (Å²) in [6.07, 6.45) is 3.99. The molecule has 1 aromatic carbocycles. The van der Waals surface area contributed by atoms with Gasteiger partial charge in [-0.25, -0.2) is 0 Å². The normalized spacial score (nSPS) is 22.9. The van der Waals surface area contributed by atoms with Crippen LogP contribution in [0.15, 0.2) is 18.2 Å². The molecule has 0 radical (unpaired) electrons. The number of ether oxygens (including phenoxy) is 2. The maximum absolute atomic E-state index is 12.6. The molecule has 4 heteroatoms. The molecule has 19 heavy (non-hydrogen) atoms. The molecule has 0 spiro atoms.